The number of furan rings is 1. The number of fused-ring (bicyclic) bond motifs is 2. The number of nitrogens with zero attached hydrogens (tertiary/aromatic N) is 2. The summed E-state index contributed by atoms with van der Waals surface area (Å²) in [7, 11) is 0. The number of carbonyl (C=O) groups is 1. The highest BCUT2D eigenvalue weighted by atomic mass is 35.5. The number of amides is 1. The second-order valence-electron chi connectivity index (χ2n) is 9.64. The molecule has 1 aromatic heterocycles. The van der Waals surface area contributed by atoms with Crippen LogP contribution >= 0.6 is 11.6 Å². The predicted molar refractivity (Wildman–Crippen MR) is 132 cm³/mol. The molecule has 0 aliphatic carbocycles. The zero-order valence-electron chi connectivity index (χ0n) is 19.5. The van der Waals surface area contributed by atoms with Gasteiger partial charge < -0.3 is 9.32 Å². The zero-order valence-corrected chi connectivity index (χ0v) is 20.2. The molecule has 0 saturated carbocycles. The first-order valence-electron chi connectivity index (χ1n) is 11.0. The highest BCUT2D eigenvalue weighted by Crippen LogP contribution is 2.45. The maximum atomic E-state index is 12.5. The molecule has 6 heteroatoms. The summed E-state index contributed by atoms with van der Waals surface area (Å²) in [4.78, 5) is 15.0. The minimum atomic E-state index is -0.398. The Morgan fingerprint density at radius 3 is 2.75 bits per heavy atom. The third-order valence-electron chi connectivity index (χ3n) is 6.25. The molecule has 1 atom stereocenters. The van der Waals surface area contributed by atoms with Crippen LogP contribution in [0.15, 0.2) is 45.9 Å². The van der Waals surface area contributed by atoms with Crippen molar-refractivity contribution in [1.82, 2.24) is 5.43 Å². The number of rotatable bonds is 4. The summed E-state index contributed by atoms with van der Waals surface area (Å²) in [5.41, 5.74) is 8.03. The molecule has 1 aliphatic rings. The van der Waals surface area contributed by atoms with Crippen LogP contribution in [-0.4, -0.2) is 23.7 Å². The Hall–Kier alpha value is -2.79. The lowest BCUT2D eigenvalue weighted by Gasteiger charge is -2.50. The SMILES string of the molecule is Cc1cc2c(cc1/C=N\NC(=O)c1cc3cc(Cl)ccc3o1)[C@H](C)CC(C)(C)N2C(C)C. The first-order valence-corrected chi connectivity index (χ1v) is 11.4. The summed E-state index contributed by atoms with van der Waals surface area (Å²) in [6.07, 6.45) is 2.80. The van der Waals surface area contributed by atoms with E-state index in [-0.39, 0.29) is 11.3 Å². The molecular weight excluding hydrogens is 422 g/mol. The molecule has 168 valence electrons. The molecule has 0 unspecified atom stereocenters. The molecule has 1 N–H and O–H groups in total. The summed E-state index contributed by atoms with van der Waals surface area (Å²) in [5.74, 6) is 0.245. The fourth-order valence-corrected chi connectivity index (χ4v) is 5.25. The quantitative estimate of drug-likeness (QED) is 0.356. The van der Waals surface area contributed by atoms with Crippen molar-refractivity contribution in [2.24, 2.45) is 5.10 Å². The van der Waals surface area contributed by atoms with Gasteiger partial charge in [0.1, 0.15) is 5.58 Å². The summed E-state index contributed by atoms with van der Waals surface area (Å²) in [5, 5.41) is 5.58. The fourth-order valence-electron chi connectivity index (χ4n) is 5.07. The molecule has 4 rings (SSSR count). The molecule has 32 heavy (non-hydrogen) atoms. The molecule has 1 amide bonds. The van der Waals surface area contributed by atoms with Crippen molar-refractivity contribution >= 4 is 40.4 Å². The van der Waals surface area contributed by atoms with E-state index in [0.29, 0.717) is 22.6 Å². The molecule has 1 aliphatic heterocycles. The van der Waals surface area contributed by atoms with E-state index in [1.54, 1.807) is 30.5 Å². The van der Waals surface area contributed by atoms with Gasteiger partial charge in [-0.25, -0.2) is 5.43 Å². The number of hydrogen-bond acceptors (Lipinski definition) is 4. The van der Waals surface area contributed by atoms with Crippen LogP contribution < -0.4 is 10.3 Å². The van der Waals surface area contributed by atoms with E-state index in [1.165, 1.54) is 11.3 Å². The minimum Gasteiger partial charge on any atom is -0.451 e. The largest absolute Gasteiger partial charge is 0.451 e. The van der Waals surface area contributed by atoms with Gasteiger partial charge in [0.05, 0.1) is 6.21 Å². The lowest BCUT2D eigenvalue weighted by Crippen LogP contribution is -2.51. The first-order chi connectivity index (χ1) is 15.1. The van der Waals surface area contributed by atoms with E-state index < -0.39 is 5.91 Å². The molecule has 2 aromatic carbocycles. The second kappa shape index (κ2) is 8.28. The number of benzene rings is 2. The number of hydrazone groups is 1. The van der Waals surface area contributed by atoms with Crippen LogP contribution in [0.1, 0.15) is 74.2 Å². The molecular formula is C26H30ClN3O2. The lowest BCUT2D eigenvalue weighted by atomic mass is 9.78. The van der Waals surface area contributed by atoms with Crippen molar-refractivity contribution in [1.29, 1.82) is 0 Å². The topological polar surface area (TPSA) is 57.8 Å². The molecule has 0 saturated heterocycles. The van der Waals surface area contributed by atoms with Crippen LogP contribution in [0.5, 0.6) is 0 Å². The monoisotopic (exact) mass is 451 g/mol. The fraction of sp³-hybridized carbons (Fsp3) is 0.385. The van der Waals surface area contributed by atoms with Gasteiger partial charge in [-0.2, -0.15) is 5.10 Å². The standard InChI is InChI=1S/C26H30ClN3O2/c1-15(2)30-22-9-16(3)19(11-21(22)17(4)13-26(30,5)6)14-28-29-25(31)24-12-18-10-20(27)7-8-23(18)32-24/h7-12,14-15,17H,13H2,1-6H3,(H,29,31)/b28-14-/t17-/m1/s1. The van der Waals surface area contributed by atoms with Gasteiger partial charge in [0.15, 0.2) is 5.76 Å². The number of nitrogens with one attached hydrogen (secondary N) is 1. The van der Waals surface area contributed by atoms with E-state index in [1.807, 2.05) is 0 Å². The van der Waals surface area contributed by atoms with Gasteiger partial charge in [0.25, 0.3) is 0 Å². The average Bonchev–Trinajstić information content (AvgIpc) is 3.11. The van der Waals surface area contributed by atoms with Crippen LogP contribution in [-0.2, 0) is 0 Å². The number of aryl methyl sites for hydroxylation is 1. The Balaban J connectivity index is 1.57. The smallest absolute Gasteiger partial charge is 0.307 e. The Bertz CT molecular complexity index is 1210. The summed E-state index contributed by atoms with van der Waals surface area (Å²) in [6.45, 7) is 13.5. The molecule has 5 nitrogen and oxygen atoms in total. The Labute approximate surface area is 194 Å². The van der Waals surface area contributed by atoms with Crippen LogP contribution in [0.25, 0.3) is 11.0 Å². The number of carbonyl (C=O) groups excluding carboxylic acids is 1. The maximum Gasteiger partial charge on any atom is 0.307 e. The Morgan fingerprint density at radius 2 is 2.03 bits per heavy atom. The molecule has 3 aromatic rings. The van der Waals surface area contributed by atoms with Gasteiger partial charge in [-0.3, -0.25) is 4.79 Å². The van der Waals surface area contributed by atoms with Crippen molar-refractivity contribution in [3.8, 4) is 0 Å². The maximum absolute atomic E-state index is 12.5. The Morgan fingerprint density at radius 1 is 1.28 bits per heavy atom. The molecule has 0 fully saturated rings. The number of halogens is 1. The van der Waals surface area contributed by atoms with E-state index >= 15 is 0 Å². The number of anilines is 1. The first kappa shape index (κ1) is 22.4. The van der Waals surface area contributed by atoms with Crippen molar-refractivity contribution < 1.29 is 9.21 Å². The minimum absolute atomic E-state index is 0.105. The second-order valence-corrected chi connectivity index (χ2v) is 10.1. The van der Waals surface area contributed by atoms with Crippen LogP contribution in [0, 0.1) is 6.92 Å². The third kappa shape index (κ3) is 4.14. The molecule has 0 bridgehead atoms. The van der Waals surface area contributed by atoms with Crippen molar-refractivity contribution in [2.75, 3.05) is 4.90 Å². The predicted octanol–water partition coefficient (Wildman–Crippen LogP) is 6.66. The highest BCUT2D eigenvalue weighted by Gasteiger charge is 2.37. The van der Waals surface area contributed by atoms with Crippen LogP contribution in [0.4, 0.5) is 5.69 Å². The molecule has 0 radical (unpaired) electrons. The van der Waals surface area contributed by atoms with Crippen LogP contribution in [0.3, 0.4) is 0 Å². The summed E-state index contributed by atoms with van der Waals surface area (Å²) in [6, 6.07) is 11.8. The van der Waals surface area contributed by atoms with Gasteiger partial charge in [0.2, 0.25) is 0 Å². The third-order valence-corrected chi connectivity index (χ3v) is 6.49. The van der Waals surface area contributed by atoms with Crippen LogP contribution in [0.2, 0.25) is 5.02 Å². The number of hydrogen-bond donors (Lipinski definition) is 1. The van der Waals surface area contributed by atoms with Gasteiger partial charge in [-0.05, 0) is 100 Å². The van der Waals surface area contributed by atoms with Gasteiger partial charge in [-0.15, -0.1) is 0 Å². The van der Waals surface area contributed by atoms with Crippen molar-refractivity contribution in [3.63, 3.8) is 0 Å². The normalized spacial score (nSPS) is 17.9. The van der Waals surface area contributed by atoms with Crippen molar-refractivity contribution in [3.05, 3.63) is 63.9 Å². The van der Waals surface area contributed by atoms with E-state index in [4.69, 9.17) is 16.0 Å². The highest BCUT2D eigenvalue weighted by molar-refractivity contribution is 6.31. The summed E-state index contributed by atoms with van der Waals surface area (Å²) >= 11 is 6.01. The van der Waals surface area contributed by atoms with E-state index in [9.17, 15) is 4.79 Å². The van der Waals surface area contributed by atoms with E-state index in [0.717, 1.165) is 22.9 Å². The van der Waals surface area contributed by atoms with Gasteiger partial charge >= 0.3 is 5.91 Å². The molecule has 2 heterocycles. The summed E-state index contributed by atoms with van der Waals surface area (Å²) < 4.78 is 5.60. The van der Waals surface area contributed by atoms with Crippen molar-refractivity contribution in [2.45, 2.75) is 65.5 Å². The van der Waals surface area contributed by atoms with Gasteiger partial charge in [0, 0.05) is 27.7 Å². The Kier molecular flexibility index (Phi) is 5.80. The van der Waals surface area contributed by atoms with Gasteiger partial charge in [-0.1, -0.05) is 18.5 Å². The zero-order chi connectivity index (χ0) is 23.2. The average molecular weight is 452 g/mol. The lowest BCUT2D eigenvalue weighted by molar-refractivity contribution is 0.0929. The van der Waals surface area contributed by atoms with E-state index in [2.05, 4.69) is 69.1 Å². The molecule has 0 spiro atoms.